The Morgan fingerprint density at radius 2 is 2.07 bits per heavy atom. The van der Waals surface area contributed by atoms with Crippen molar-refractivity contribution in [2.24, 2.45) is 0 Å². The largest absolute Gasteiger partial charge is 0.455 e. The number of rotatable bonds is 1. The number of carbonyl (C=O) groups excluding carboxylic acids is 1. The SMILES string of the molecule is CC(=O)O[C@@H]1c2ccccc2[C@@H]2O[C@H]12. The van der Waals surface area contributed by atoms with Crippen LogP contribution in [0.2, 0.25) is 0 Å². The van der Waals surface area contributed by atoms with Crippen molar-refractivity contribution >= 4 is 5.97 Å². The Kier molecular flexibility index (Phi) is 1.47. The summed E-state index contributed by atoms with van der Waals surface area (Å²) in [5.74, 6) is -0.249. The molecule has 0 amide bonds. The molecule has 72 valence electrons. The summed E-state index contributed by atoms with van der Waals surface area (Å²) in [5.41, 5.74) is 2.27. The first-order valence-corrected chi connectivity index (χ1v) is 4.69. The van der Waals surface area contributed by atoms with E-state index in [1.54, 1.807) is 0 Å². The van der Waals surface area contributed by atoms with Crippen LogP contribution in [0.1, 0.15) is 30.3 Å². The summed E-state index contributed by atoms with van der Waals surface area (Å²) < 4.78 is 10.6. The lowest BCUT2D eigenvalue weighted by Crippen LogP contribution is -2.11. The first-order chi connectivity index (χ1) is 6.77. The van der Waals surface area contributed by atoms with E-state index in [-0.39, 0.29) is 24.3 Å². The highest BCUT2D eigenvalue weighted by Crippen LogP contribution is 2.55. The van der Waals surface area contributed by atoms with Crippen molar-refractivity contribution in [3.8, 4) is 0 Å². The third-order valence-electron chi connectivity index (χ3n) is 2.73. The summed E-state index contributed by atoms with van der Waals surface area (Å²) in [6.45, 7) is 1.43. The number of hydrogen-bond acceptors (Lipinski definition) is 3. The fourth-order valence-corrected chi connectivity index (χ4v) is 2.12. The molecule has 14 heavy (non-hydrogen) atoms. The number of hydrogen-bond donors (Lipinski definition) is 0. The molecule has 1 aromatic carbocycles. The van der Waals surface area contributed by atoms with Gasteiger partial charge in [0.15, 0.2) is 6.10 Å². The van der Waals surface area contributed by atoms with Gasteiger partial charge >= 0.3 is 5.97 Å². The highest BCUT2D eigenvalue weighted by Gasteiger charge is 2.55. The monoisotopic (exact) mass is 190 g/mol. The third kappa shape index (κ3) is 0.990. The van der Waals surface area contributed by atoms with Crippen LogP contribution in [0.15, 0.2) is 24.3 Å². The van der Waals surface area contributed by atoms with E-state index in [1.165, 1.54) is 12.5 Å². The van der Waals surface area contributed by atoms with Gasteiger partial charge in [0.1, 0.15) is 12.2 Å². The zero-order valence-electron chi connectivity index (χ0n) is 7.77. The van der Waals surface area contributed by atoms with Gasteiger partial charge in [-0.2, -0.15) is 0 Å². The molecule has 0 N–H and O–H groups in total. The zero-order chi connectivity index (χ0) is 9.71. The molecule has 1 aromatic rings. The van der Waals surface area contributed by atoms with Crippen LogP contribution in [0.4, 0.5) is 0 Å². The molecule has 0 radical (unpaired) electrons. The van der Waals surface area contributed by atoms with E-state index in [1.807, 2.05) is 24.3 Å². The van der Waals surface area contributed by atoms with E-state index < -0.39 is 0 Å². The zero-order valence-corrected chi connectivity index (χ0v) is 7.77. The van der Waals surface area contributed by atoms with Gasteiger partial charge in [-0.1, -0.05) is 24.3 Å². The average Bonchev–Trinajstić information content (AvgIpc) is 2.89. The third-order valence-corrected chi connectivity index (χ3v) is 2.73. The summed E-state index contributed by atoms with van der Waals surface area (Å²) in [4.78, 5) is 10.9. The predicted molar refractivity (Wildman–Crippen MR) is 48.6 cm³/mol. The Balaban J connectivity index is 1.98. The van der Waals surface area contributed by atoms with Crippen LogP contribution in [0.25, 0.3) is 0 Å². The second-order valence-electron chi connectivity index (χ2n) is 3.68. The molecular formula is C11H10O3. The van der Waals surface area contributed by atoms with Gasteiger partial charge in [-0.05, 0) is 5.56 Å². The van der Waals surface area contributed by atoms with Gasteiger partial charge in [-0.15, -0.1) is 0 Å². The summed E-state index contributed by atoms with van der Waals surface area (Å²) in [5, 5.41) is 0. The lowest BCUT2D eigenvalue weighted by atomic mass is 10.1. The maximum absolute atomic E-state index is 10.9. The van der Waals surface area contributed by atoms with Crippen LogP contribution in [0.5, 0.6) is 0 Å². The molecule has 0 spiro atoms. The highest BCUT2D eigenvalue weighted by molar-refractivity contribution is 5.67. The fourth-order valence-electron chi connectivity index (χ4n) is 2.12. The standard InChI is InChI=1S/C11H10O3/c1-6(12)13-9-7-4-2-3-5-8(7)10-11(9)14-10/h2-5,9-11H,1H3/t9-,10+,11-/m1/s1. The summed E-state index contributed by atoms with van der Waals surface area (Å²) in [6, 6.07) is 7.97. The van der Waals surface area contributed by atoms with Gasteiger partial charge in [0.2, 0.25) is 0 Å². The Morgan fingerprint density at radius 1 is 1.36 bits per heavy atom. The normalized spacial score (nSPS) is 31.9. The molecule has 0 saturated carbocycles. The van der Waals surface area contributed by atoms with Crippen LogP contribution in [-0.2, 0) is 14.3 Å². The van der Waals surface area contributed by atoms with Crippen molar-refractivity contribution in [1.82, 2.24) is 0 Å². The molecular weight excluding hydrogens is 180 g/mol. The Morgan fingerprint density at radius 3 is 2.79 bits per heavy atom. The lowest BCUT2D eigenvalue weighted by Gasteiger charge is -2.13. The molecule has 0 aromatic heterocycles. The Bertz CT molecular complexity index is 399. The minimum Gasteiger partial charge on any atom is -0.455 e. The molecule has 3 heteroatoms. The van der Waals surface area contributed by atoms with Gasteiger partial charge in [-0.25, -0.2) is 0 Å². The fraction of sp³-hybridized carbons (Fsp3) is 0.364. The maximum atomic E-state index is 10.9. The maximum Gasteiger partial charge on any atom is 0.303 e. The molecule has 2 aliphatic rings. The number of ether oxygens (including phenoxy) is 2. The molecule has 0 unspecified atom stereocenters. The van der Waals surface area contributed by atoms with Crippen molar-refractivity contribution in [2.45, 2.75) is 25.2 Å². The van der Waals surface area contributed by atoms with E-state index in [4.69, 9.17) is 9.47 Å². The van der Waals surface area contributed by atoms with E-state index in [9.17, 15) is 4.79 Å². The van der Waals surface area contributed by atoms with Crippen molar-refractivity contribution < 1.29 is 14.3 Å². The van der Waals surface area contributed by atoms with Crippen LogP contribution in [0, 0.1) is 0 Å². The molecule has 3 rings (SSSR count). The Hall–Kier alpha value is -1.35. The topological polar surface area (TPSA) is 38.8 Å². The van der Waals surface area contributed by atoms with Crippen molar-refractivity contribution in [2.75, 3.05) is 0 Å². The van der Waals surface area contributed by atoms with E-state index >= 15 is 0 Å². The van der Waals surface area contributed by atoms with Crippen molar-refractivity contribution in [3.05, 3.63) is 35.4 Å². The van der Waals surface area contributed by atoms with Crippen LogP contribution < -0.4 is 0 Å². The van der Waals surface area contributed by atoms with E-state index in [0.717, 1.165) is 5.56 Å². The number of benzene rings is 1. The molecule has 1 aliphatic heterocycles. The van der Waals surface area contributed by atoms with Gasteiger partial charge in [0, 0.05) is 12.5 Å². The lowest BCUT2D eigenvalue weighted by molar-refractivity contribution is -0.147. The van der Waals surface area contributed by atoms with E-state index in [0.29, 0.717) is 0 Å². The molecule has 1 fully saturated rings. The summed E-state index contributed by atoms with van der Waals surface area (Å²) >= 11 is 0. The molecule has 3 nitrogen and oxygen atoms in total. The molecule has 3 atom stereocenters. The summed E-state index contributed by atoms with van der Waals surface area (Å²) in [7, 11) is 0. The predicted octanol–water partition coefficient (Wildman–Crippen LogP) is 1.74. The molecule has 0 bridgehead atoms. The first-order valence-electron chi connectivity index (χ1n) is 4.69. The molecule has 1 saturated heterocycles. The minimum absolute atomic E-state index is 0.0660. The molecule has 1 aliphatic carbocycles. The minimum atomic E-state index is -0.249. The summed E-state index contributed by atoms with van der Waals surface area (Å²) in [6.07, 6.45) is 0.0422. The van der Waals surface area contributed by atoms with Gasteiger partial charge in [-0.3, -0.25) is 4.79 Å². The number of epoxide rings is 1. The van der Waals surface area contributed by atoms with Gasteiger partial charge in [0.25, 0.3) is 0 Å². The van der Waals surface area contributed by atoms with Crippen molar-refractivity contribution in [3.63, 3.8) is 0 Å². The van der Waals surface area contributed by atoms with Crippen LogP contribution in [0.3, 0.4) is 0 Å². The van der Waals surface area contributed by atoms with Crippen LogP contribution >= 0.6 is 0 Å². The number of fused-ring (bicyclic) bond motifs is 3. The van der Waals surface area contributed by atoms with Crippen molar-refractivity contribution in [1.29, 1.82) is 0 Å². The average molecular weight is 190 g/mol. The smallest absolute Gasteiger partial charge is 0.303 e. The quantitative estimate of drug-likeness (QED) is 0.500. The highest BCUT2D eigenvalue weighted by atomic mass is 16.6. The first kappa shape index (κ1) is 8.00. The Labute approximate surface area is 81.6 Å². The van der Waals surface area contributed by atoms with Crippen LogP contribution in [-0.4, -0.2) is 12.1 Å². The number of carbonyl (C=O) groups is 1. The number of esters is 1. The second-order valence-corrected chi connectivity index (χ2v) is 3.68. The van der Waals surface area contributed by atoms with E-state index in [2.05, 4.69) is 0 Å². The van der Waals surface area contributed by atoms with Gasteiger partial charge in [0.05, 0.1) is 0 Å². The second kappa shape index (κ2) is 2.58. The van der Waals surface area contributed by atoms with Gasteiger partial charge < -0.3 is 9.47 Å². The molecule has 1 heterocycles.